The van der Waals surface area contributed by atoms with Crippen molar-refractivity contribution in [1.82, 2.24) is 5.01 Å². The van der Waals surface area contributed by atoms with Crippen LogP contribution >= 0.6 is 27.3 Å². The lowest BCUT2D eigenvalue weighted by Crippen LogP contribution is -2.33. The van der Waals surface area contributed by atoms with Crippen LogP contribution in [-0.2, 0) is 0 Å². The lowest BCUT2D eigenvalue weighted by Gasteiger charge is -2.38. The average Bonchev–Trinajstić information content (AvgIpc) is 3.37. The number of halogens is 1. The molecule has 3 heterocycles. The molecule has 2 atom stereocenters. The Labute approximate surface area is 170 Å². The Morgan fingerprint density at radius 2 is 2.04 bits per heavy atom. The van der Waals surface area contributed by atoms with E-state index >= 15 is 0 Å². The lowest BCUT2D eigenvalue weighted by atomic mass is 9.97. The number of hydrazone groups is 1. The molecule has 0 bridgehead atoms. The molecule has 0 saturated heterocycles. The van der Waals surface area contributed by atoms with Crippen molar-refractivity contribution in [1.29, 1.82) is 0 Å². The number of benzene rings is 2. The van der Waals surface area contributed by atoms with E-state index in [9.17, 15) is 0 Å². The summed E-state index contributed by atoms with van der Waals surface area (Å²) in [6, 6.07) is 18.6. The van der Waals surface area contributed by atoms with Crippen LogP contribution in [0.15, 0.2) is 69.6 Å². The molecule has 2 aromatic carbocycles. The number of nitrogens with zero attached hydrogens (tertiary/aromatic N) is 2. The van der Waals surface area contributed by atoms with E-state index in [2.05, 4.69) is 44.5 Å². The highest BCUT2D eigenvalue weighted by atomic mass is 79.9. The minimum absolute atomic E-state index is 0.162. The standard InChI is InChI=1S/C21H17BrN2O2S/c1-25-15-7-4-13(5-8-15)21-24-18(12-17(23-24)20-3-2-10-27-20)16-11-14(22)6-9-19(16)26-21/h2-11,18,21H,12H2,1H3/t18-,21-/m0/s1. The molecule has 0 N–H and O–H groups in total. The molecule has 3 aromatic rings. The smallest absolute Gasteiger partial charge is 0.213 e. The summed E-state index contributed by atoms with van der Waals surface area (Å²) in [5.74, 6) is 1.75. The molecule has 6 heteroatoms. The highest BCUT2D eigenvalue weighted by Crippen LogP contribution is 2.48. The van der Waals surface area contributed by atoms with E-state index < -0.39 is 0 Å². The zero-order chi connectivity index (χ0) is 18.4. The minimum Gasteiger partial charge on any atom is -0.497 e. The molecule has 0 radical (unpaired) electrons. The van der Waals surface area contributed by atoms with Crippen LogP contribution in [0.25, 0.3) is 0 Å². The van der Waals surface area contributed by atoms with Crippen LogP contribution in [0.1, 0.15) is 34.7 Å². The Kier molecular flexibility index (Phi) is 4.17. The predicted molar refractivity (Wildman–Crippen MR) is 111 cm³/mol. The van der Waals surface area contributed by atoms with Gasteiger partial charge < -0.3 is 9.47 Å². The molecule has 0 spiro atoms. The van der Waals surface area contributed by atoms with Crippen molar-refractivity contribution in [2.75, 3.05) is 7.11 Å². The number of thiophene rings is 1. The van der Waals surface area contributed by atoms with Crippen molar-refractivity contribution in [2.45, 2.75) is 18.7 Å². The van der Waals surface area contributed by atoms with Gasteiger partial charge in [0.05, 0.1) is 23.7 Å². The van der Waals surface area contributed by atoms with Gasteiger partial charge in [-0.1, -0.05) is 22.0 Å². The van der Waals surface area contributed by atoms with Crippen LogP contribution in [0.3, 0.4) is 0 Å². The summed E-state index contributed by atoms with van der Waals surface area (Å²) >= 11 is 5.32. The SMILES string of the molecule is COc1ccc([C@@H]2Oc3ccc(Br)cc3[C@@H]3CC(c4cccs4)=NN32)cc1. The third kappa shape index (κ3) is 2.93. The van der Waals surface area contributed by atoms with Crippen molar-refractivity contribution in [2.24, 2.45) is 5.10 Å². The molecule has 4 nitrogen and oxygen atoms in total. The van der Waals surface area contributed by atoms with E-state index in [4.69, 9.17) is 14.6 Å². The maximum absolute atomic E-state index is 6.39. The van der Waals surface area contributed by atoms with Crippen LogP contribution in [0.5, 0.6) is 11.5 Å². The Hall–Kier alpha value is -2.31. The summed E-state index contributed by atoms with van der Waals surface area (Å²) in [4.78, 5) is 1.22. The van der Waals surface area contributed by atoms with E-state index in [1.165, 1.54) is 10.4 Å². The van der Waals surface area contributed by atoms with Gasteiger partial charge in [0.1, 0.15) is 11.5 Å². The maximum Gasteiger partial charge on any atom is 0.213 e. The number of fused-ring (bicyclic) bond motifs is 3. The van der Waals surface area contributed by atoms with Gasteiger partial charge in [0.2, 0.25) is 6.23 Å². The van der Waals surface area contributed by atoms with E-state index in [0.29, 0.717) is 0 Å². The van der Waals surface area contributed by atoms with E-state index in [-0.39, 0.29) is 12.3 Å². The van der Waals surface area contributed by atoms with Gasteiger partial charge >= 0.3 is 0 Å². The molecule has 27 heavy (non-hydrogen) atoms. The molecular weight excluding hydrogens is 424 g/mol. The van der Waals surface area contributed by atoms with Gasteiger partial charge in [0.15, 0.2) is 0 Å². The quantitative estimate of drug-likeness (QED) is 0.518. The monoisotopic (exact) mass is 440 g/mol. The Morgan fingerprint density at radius 1 is 1.19 bits per heavy atom. The molecule has 0 fully saturated rings. The largest absolute Gasteiger partial charge is 0.497 e. The number of ether oxygens (including phenoxy) is 2. The second kappa shape index (κ2) is 6.69. The van der Waals surface area contributed by atoms with Crippen molar-refractivity contribution in [3.8, 4) is 11.5 Å². The van der Waals surface area contributed by atoms with Gasteiger partial charge in [-0.2, -0.15) is 5.10 Å². The highest BCUT2D eigenvalue weighted by molar-refractivity contribution is 9.10. The highest BCUT2D eigenvalue weighted by Gasteiger charge is 2.41. The molecule has 1 aromatic heterocycles. The summed E-state index contributed by atoms with van der Waals surface area (Å²) < 4.78 is 12.7. The zero-order valence-corrected chi connectivity index (χ0v) is 17.0. The molecule has 136 valence electrons. The predicted octanol–water partition coefficient (Wildman–Crippen LogP) is 5.76. The second-order valence-electron chi connectivity index (χ2n) is 6.55. The number of rotatable bonds is 3. The van der Waals surface area contributed by atoms with Gasteiger partial charge in [0, 0.05) is 22.0 Å². The van der Waals surface area contributed by atoms with E-state index in [0.717, 1.165) is 33.7 Å². The van der Waals surface area contributed by atoms with Crippen molar-refractivity contribution in [3.63, 3.8) is 0 Å². The molecular formula is C21H17BrN2O2S. The summed E-state index contributed by atoms with van der Waals surface area (Å²) in [6.45, 7) is 0. The summed E-state index contributed by atoms with van der Waals surface area (Å²) in [5, 5.41) is 9.17. The summed E-state index contributed by atoms with van der Waals surface area (Å²) in [7, 11) is 1.67. The van der Waals surface area contributed by atoms with Crippen LogP contribution in [0, 0.1) is 0 Å². The first-order chi connectivity index (χ1) is 13.2. The van der Waals surface area contributed by atoms with Gasteiger partial charge in [-0.25, -0.2) is 5.01 Å². The zero-order valence-electron chi connectivity index (χ0n) is 14.6. The first-order valence-corrected chi connectivity index (χ1v) is 10.4. The molecule has 2 aliphatic rings. The number of hydrogen-bond donors (Lipinski definition) is 0. The van der Waals surface area contributed by atoms with Crippen LogP contribution in [0.4, 0.5) is 0 Å². The van der Waals surface area contributed by atoms with Crippen molar-refractivity contribution >= 4 is 33.0 Å². The van der Waals surface area contributed by atoms with Crippen LogP contribution in [-0.4, -0.2) is 17.8 Å². The first-order valence-electron chi connectivity index (χ1n) is 8.72. The molecule has 5 rings (SSSR count). The number of hydrogen-bond acceptors (Lipinski definition) is 5. The molecule has 0 saturated carbocycles. The van der Waals surface area contributed by atoms with E-state index in [1.54, 1.807) is 18.4 Å². The topological polar surface area (TPSA) is 34.1 Å². The van der Waals surface area contributed by atoms with E-state index in [1.807, 2.05) is 36.4 Å². The fourth-order valence-corrected chi connectivity index (χ4v) is 4.74. The van der Waals surface area contributed by atoms with Crippen LogP contribution < -0.4 is 9.47 Å². The lowest BCUT2D eigenvalue weighted by molar-refractivity contribution is -0.0191. The van der Waals surface area contributed by atoms with Crippen molar-refractivity contribution < 1.29 is 9.47 Å². The Balaban J connectivity index is 1.59. The Bertz CT molecular complexity index is 1000. The first kappa shape index (κ1) is 16.8. The van der Waals surface area contributed by atoms with Gasteiger partial charge in [-0.05, 0) is 53.9 Å². The van der Waals surface area contributed by atoms with Crippen molar-refractivity contribution in [3.05, 3.63) is 80.5 Å². The Morgan fingerprint density at radius 3 is 2.78 bits per heavy atom. The maximum atomic E-state index is 6.39. The van der Waals surface area contributed by atoms with Gasteiger partial charge in [0.25, 0.3) is 0 Å². The average molecular weight is 441 g/mol. The molecule has 0 unspecified atom stereocenters. The van der Waals surface area contributed by atoms with Crippen LogP contribution in [0.2, 0.25) is 0 Å². The molecule has 0 aliphatic carbocycles. The fourth-order valence-electron chi connectivity index (χ4n) is 3.64. The third-order valence-corrected chi connectivity index (χ3v) is 6.37. The molecule has 0 amide bonds. The van der Waals surface area contributed by atoms with Gasteiger partial charge in [-0.3, -0.25) is 0 Å². The minimum atomic E-state index is -0.257. The second-order valence-corrected chi connectivity index (χ2v) is 8.41. The normalized spacial score (nSPS) is 20.5. The number of methoxy groups -OCH3 is 1. The van der Waals surface area contributed by atoms with Gasteiger partial charge in [-0.15, -0.1) is 11.3 Å². The summed E-state index contributed by atoms with van der Waals surface area (Å²) in [5.41, 5.74) is 3.35. The third-order valence-electron chi connectivity index (χ3n) is 4.96. The molecule has 2 aliphatic heterocycles. The summed E-state index contributed by atoms with van der Waals surface area (Å²) in [6.07, 6.45) is 0.618. The fraction of sp³-hybridized carbons (Fsp3) is 0.190.